The Morgan fingerprint density at radius 1 is 0.889 bits per heavy atom. The normalized spacial score (nSPS) is 20.3. The van der Waals surface area contributed by atoms with Gasteiger partial charge in [-0.2, -0.15) is 0 Å². The predicted molar refractivity (Wildman–Crippen MR) is 132 cm³/mol. The molecule has 2 aliphatic heterocycles. The van der Waals surface area contributed by atoms with Crippen molar-refractivity contribution >= 4 is 29.3 Å². The number of anilines is 1. The summed E-state index contributed by atoms with van der Waals surface area (Å²) in [5, 5.41) is 0. The molecule has 1 atom stereocenters. The van der Waals surface area contributed by atoms with Crippen molar-refractivity contribution in [2.24, 2.45) is 0 Å². The molecule has 3 aromatic rings. The van der Waals surface area contributed by atoms with E-state index in [1.54, 1.807) is 52.5 Å². The van der Waals surface area contributed by atoms with Crippen LogP contribution in [0.3, 0.4) is 0 Å². The summed E-state index contributed by atoms with van der Waals surface area (Å²) in [5.74, 6) is -1.16. The minimum absolute atomic E-state index is 0.0644. The number of amides is 4. The first-order chi connectivity index (χ1) is 17.5. The van der Waals surface area contributed by atoms with Crippen molar-refractivity contribution in [3.05, 3.63) is 84.9 Å². The van der Waals surface area contributed by atoms with Gasteiger partial charge in [0.1, 0.15) is 6.54 Å². The van der Waals surface area contributed by atoms with Gasteiger partial charge in [0.25, 0.3) is 0 Å². The molecule has 9 heteroatoms. The van der Waals surface area contributed by atoms with E-state index in [9.17, 15) is 19.2 Å². The second-order valence-corrected chi connectivity index (χ2v) is 9.15. The molecule has 1 aromatic heterocycles. The Labute approximate surface area is 208 Å². The van der Waals surface area contributed by atoms with Gasteiger partial charge in [-0.05, 0) is 17.7 Å². The number of benzene rings is 2. The lowest BCUT2D eigenvalue weighted by Gasteiger charge is -2.36. The number of hydrogen-bond donors (Lipinski definition) is 0. The number of imidazole rings is 1. The van der Waals surface area contributed by atoms with Gasteiger partial charge in [-0.1, -0.05) is 48.5 Å². The number of carbonyl (C=O) groups excluding carboxylic acids is 4. The smallest absolute Gasteiger partial charge is 0.246 e. The summed E-state index contributed by atoms with van der Waals surface area (Å²) >= 11 is 0. The van der Waals surface area contributed by atoms with Crippen molar-refractivity contribution in [3.8, 4) is 0 Å². The Kier molecular flexibility index (Phi) is 6.37. The predicted octanol–water partition coefficient (Wildman–Crippen LogP) is 1.85. The number of para-hydroxylation sites is 1. The molecule has 184 valence electrons. The summed E-state index contributed by atoms with van der Waals surface area (Å²) in [7, 11) is 0. The third-order valence-electron chi connectivity index (χ3n) is 6.97. The Morgan fingerprint density at radius 3 is 2.28 bits per heavy atom. The quantitative estimate of drug-likeness (QED) is 0.476. The average molecular weight is 486 g/mol. The molecule has 5 rings (SSSR count). The van der Waals surface area contributed by atoms with Crippen LogP contribution in [0.2, 0.25) is 0 Å². The van der Waals surface area contributed by atoms with Crippen molar-refractivity contribution in [1.29, 1.82) is 0 Å². The molecule has 3 heterocycles. The van der Waals surface area contributed by atoms with Crippen molar-refractivity contribution in [2.45, 2.75) is 24.8 Å². The monoisotopic (exact) mass is 485 g/mol. The van der Waals surface area contributed by atoms with Gasteiger partial charge in [0.05, 0.1) is 11.7 Å². The van der Waals surface area contributed by atoms with Gasteiger partial charge >= 0.3 is 0 Å². The number of imide groups is 1. The highest BCUT2D eigenvalue weighted by Crippen LogP contribution is 2.40. The minimum atomic E-state index is -1.29. The third kappa shape index (κ3) is 4.39. The van der Waals surface area contributed by atoms with Crippen LogP contribution in [0.15, 0.2) is 79.4 Å². The lowest BCUT2D eigenvalue weighted by atomic mass is 9.75. The number of rotatable bonds is 7. The molecule has 2 aliphatic rings. The van der Waals surface area contributed by atoms with Crippen LogP contribution in [-0.2, 0) is 31.1 Å². The highest BCUT2D eigenvalue weighted by molar-refractivity contribution is 6.11. The maximum absolute atomic E-state index is 13.8. The van der Waals surface area contributed by atoms with Crippen LogP contribution in [0.1, 0.15) is 18.4 Å². The number of piperazine rings is 1. The van der Waals surface area contributed by atoms with Gasteiger partial charge in [-0.3, -0.25) is 24.1 Å². The lowest BCUT2D eigenvalue weighted by molar-refractivity contribution is -0.143. The minimum Gasteiger partial charge on any atom is -0.336 e. The molecular formula is C27H27N5O4. The van der Waals surface area contributed by atoms with E-state index in [0.29, 0.717) is 25.2 Å². The van der Waals surface area contributed by atoms with Crippen molar-refractivity contribution in [3.63, 3.8) is 0 Å². The standard InChI is InChI=1S/C27H27N5O4/c33-23(30-14-16-31(25(35)19-30)22-9-5-2-6-10-22)17-27(21-7-3-1-4-8-21)18-24(34)32(26(27)36)15-13-29-12-11-28-20-29/h1-12,20H,13-19H2. The molecule has 0 saturated carbocycles. The third-order valence-corrected chi connectivity index (χ3v) is 6.97. The van der Waals surface area contributed by atoms with Gasteiger partial charge in [0, 0.05) is 57.1 Å². The topological polar surface area (TPSA) is 95.8 Å². The van der Waals surface area contributed by atoms with E-state index in [0.717, 1.165) is 5.69 Å². The summed E-state index contributed by atoms with van der Waals surface area (Å²) < 4.78 is 1.80. The summed E-state index contributed by atoms with van der Waals surface area (Å²) in [4.78, 5) is 61.5. The van der Waals surface area contributed by atoms with E-state index in [4.69, 9.17) is 0 Å². The Balaban J connectivity index is 1.35. The van der Waals surface area contributed by atoms with Gasteiger partial charge in [-0.25, -0.2) is 4.98 Å². The first-order valence-electron chi connectivity index (χ1n) is 12.0. The fourth-order valence-electron chi connectivity index (χ4n) is 5.02. The van der Waals surface area contributed by atoms with E-state index in [1.165, 1.54) is 9.80 Å². The second-order valence-electron chi connectivity index (χ2n) is 9.15. The maximum atomic E-state index is 13.8. The molecule has 36 heavy (non-hydrogen) atoms. The zero-order chi connectivity index (χ0) is 25.1. The van der Waals surface area contributed by atoms with Gasteiger partial charge in [0.2, 0.25) is 23.6 Å². The van der Waals surface area contributed by atoms with Gasteiger partial charge < -0.3 is 14.4 Å². The van der Waals surface area contributed by atoms with Crippen LogP contribution in [-0.4, -0.2) is 69.2 Å². The summed E-state index contributed by atoms with van der Waals surface area (Å²) in [6.45, 7) is 1.29. The fourth-order valence-corrected chi connectivity index (χ4v) is 5.02. The molecule has 2 fully saturated rings. The van der Waals surface area contributed by atoms with Crippen molar-refractivity contribution in [1.82, 2.24) is 19.4 Å². The van der Waals surface area contributed by atoms with E-state index >= 15 is 0 Å². The highest BCUT2D eigenvalue weighted by atomic mass is 16.2. The maximum Gasteiger partial charge on any atom is 0.246 e. The Bertz CT molecular complexity index is 1260. The number of aromatic nitrogens is 2. The molecule has 4 amide bonds. The molecule has 0 aliphatic carbocycles. The van der Waals surface area contributed by atoms with E-state index in [1.807, 2.05) is 36.4 Å². The average Bonchev–Trinajstić information content (AvgIpc) is 3.50. The molecule has 2 aromatic carbocycles. The first-order valence-corrected chi connectivity index (χ1v) is 12.0. The number of nitrogens with zero attached hydrogens (tertiary/aromatic N) is 5. The molecule has 0 radical (unpaired) electrons. The molecular weight excluding hydrogens is 458 g/mol. The SMILES string of the molecule is O=C(CC1(c2ccccc2)CC(=O)N(CCn2ccnc2)C1=O)N1CCN(c2ccccc2)C(=O)C1. The molecule has 0 bridgehead atoms. The van der Waals surface area contributed by atoms with Gasteiger partial charge in [-0.15, -0.1) is 0 Å². The van der Waals surface area contributed by atoms with Crippen molar-refractivity contribution in [2.75, 3.05) is 31.1 Å². The van der Waals surface area contributed by atoms with Crippen LogP contribution in [0.25, 0.3) is 0 Å². The summed E-state index contributed by atoms with van der Waals surface area (Å²) in [6, 6.07) is 18.4. The van der Waals surface area contributed by atoms with Crippen LogP contribution >= 0.6 is 0 Å². The summed E-state index contributed by atoms with van der Waals surface area (Å²) in [6.07, 6.45) is 4.79. The molecule has 1 unspecified atom stereocenters. The van der Waals surface area contributed by atoms with Crippen LogP contribution in [0.4, 0.5) is 5.69 Å². The number of likely N-dealkylation sites (tertiary alicyclic amines) is 1. The molecule has 9 nitrogen and oxygen atoms in total. The van der Waals surface area contributed by atoms with E-state index in [-0.39, 0.29) is 49.6 Å². The number of hydrogen-bond acceptors (Lipinski definition) is 5. The molecule has 2 saturated heterocycles. The molecule has 0 spiro atoms. The van der Waals surface area contributed by atoms with Crippen LogP contribution in [0, 0.1) is 0 Å². The van der Waals surface area contributed by atoms with Crippen LogP contribution in [0.5, 0.6) is 0 Å². The van der Waals surface area contributed by atoms with Gasteiger partial charge in [0.15, 0.2) is 0 Å². The Hall–Kier alpha value is -4.27. The van der Waals surface area contributed by atoms with E-state index < -0.39 is 5.41 Å². The summed E-state index contributed by atoms with van der Waals surface area (Å²) in [5.41, 5.74) is 0.140. The zero-order valence-corrected chi connectivity index (χ0v) is 19.8. The Morgan fingerprint density at radius 2 is 1.61 bits per heavy atom. The zero-order valence-electron chi connectivity index (χ0n) is 19.8. The van der Waals surface area contributed by atoms with E-state index in [2.05, 4.69) is 4.98 Å². The highest BCUT2D eigenvalue weighted by Gasteiger charge is 2.54. The second kappa shape index (κ2) is 9.77. The number of carbonyl (C=O) groups is 4. The van der Waals surface area contributed by atoms with Crippen molar-refractivity contribution < 1.29 is 19.2 Å². The first kappa shape index (κ1) is 23.5. The fraction of sp³-hybridized carbons (Fsp3) is 0.296. The largest absolute Gasteiger partial charge is 0.336 e. The molecule has 0 N–H and O–H groups in total. The lowest BCUT2D eigenvalue weighted by Crippen LogP contribution is -2.54. The van der Waals surface area contributed by atoms with Crippen LogP contribution < -0.4 is 4.90 Å².